The summed E-state index contributed by atoms with van der Waals surface area (Å²) in [5, 5.41) is 11.1. The first-order valence-electron chi connectivity index (χ1n) is 10.6. The normalized spacial score (nSPS) is 17.3. The molecule has 4 rings (SSSR count). The number of hydrogen-bond donors (Lipinski definition) is 1. The molecular formula is C26H21BrN2O5. The number of Topliss-reactive ketones (excluding diaryl/α,β-unsaturated/α-hetero) is 1. The van der Waals surface area contributed by atoms with Gasteiger partial charge in [-0.25, -0.2) is 4.79 Å². The molecule has 3 aromatic rings. The first kappa shape index (κ1) is 23.4. The molecule has 1 saturated heterocycles. The van der Waals surface area contributed by atoms with Crippen LogP contribution in [0.5, 0.6) is 0 Å². The number of halogens is 1. The zero-order chi connectivity index (χ0) is 24.4. The number of anilines is 1. The average molecular weight is 521 g/mol. The Bertz CT molecular complexity index is 1290. The lowest BCUT2D eigenvalue weighted by Gasteiger charge is -2.25. The smallest absolute Gasteiger partial charge is 0.338 e. The standard InChI is InChI=1S/C26H21BrN2O5/c1-15(2)34-26(33)18-4-3-5-20(14-18)29-22(16-10-12-28-13-11-16)21(24(31)25(29)32)23(30)17-6-8-19(27)9-7-17/h3-15,22,30H,1-2H3/b23-21+. The molecule has 0 spiro atoms. The second-order valence-corrected chi connectivity index (χ2v) is 8.88. The highest BCUT2D eigenvalue weighted by Crippen LogP contribution is 2.42. The summed E-state index contributed by atoms with van der Waals surface area (Å²) in [6, 6.07) is 15.5. The van der Waals surface area contributed by atoms with Crippen LogP contribution in [-0.4, -0.2) is 33.9 Å². The molecule has 0 saturated carbocycles. The number of aliphatic hydroxyl groups excluding tert-OH is 1. The van der Waals surface area contributed by atoms with Gasteiger partial charge >= 0.3 is 5.97 Å². The van der Waals surface area contributed by atoms with Crippen molar-refractivity contribution < 1.29 is 24.2 Å². The van der Waals surface area contributed by atoms with Crippen molar-refractivity contribution in [2.75, 3.05) is 4.90 Å². The number of benzene rings is 2. The molecule has 1 aliphatic heterocycles. The Balaban J connectivity index is 1.87. The van der Waals surface area contributed by atoms with Crippen LogP contribution in [0.1, 0.15) is 41.4 Å². The first-order chi connectivity index (χ1) is 16.3. The predicted octanol–water partition coefficient (Wildman–Crippen LogP) is 5.04. The van der Waals surface area contributed by atoms with E-state index < -0.39 is 23.7 Å². The van der Waals surface area contributed by atoms with Gasteiger partial charge in [-0.3, -0.25) is 19.5 Å². The third kappa shape index (κ3) is 4.49. The summed E-state index contributed by atoms with van der Waals surface area (Å²) in [7, 11) is 0. The van der Waals surface area contributed by atoms with Gasteiger partial charge in [-0.15, -0.1) is 0 Å². The molecule has 34 heavy (non-hydrogen) atoms. The molecule has 0 bridgehead atoms. The number of pyridine rings is 1. The molecule has 1 fully saturated rings. The van der Waals surface area contributed by atoms with Gasteiger partial charge < -0.3 is 9.84 Å². The highest BCUT2D eigenvalue weighted by Gasteiger charge is 2.47. The summed E-state index contributed by atoms with van der Waals surface area (Å²) >= 11 is 3.35. The molecule has 1 aromatic heterocycles. The number of nitrogens with zero attached hydrogens (tertiary/aromatic N) is 2. The van der Waals surface area contributed by atoms with Gasteiger partial charge in [0.1, 0.15) is 5.76 Å². The Kier molecular flexibility index (Phi) is 6.61. The molecule has 1 N–H and O–H groups in total. The fraction of sp³-hybridized carbons (Fsp3) is 0.154. The maximum atomic E-state index is 13.2. The van der Waals surface area contributed by atoms with Crippen LogP contribution in [0, 0.1) is 0 Å². The van der Waals surface area contributed by atoms with Crippen LogP contribution in [0.15, 0.2) is 83.1 Å². The van der Waals surface area contributed by atoms with Crippen molar-refractivity contribution in [3.63, 3.8) is 0 Å². The van der Waals surface area contributed by atoms with Crippen LogP contribution >= 0.6 is 15.9 Å². The van der Waals surface area contributed by atoms with E-state index in [0.717, 1.165) is 4.47 Å². The van der Waals surface area contributed by atoms with E-state index in [-0.39, 0.29) is 23.0 Å². The van der Waals surface area contributed by atoms with Gasteiger partial charge in [0.2, 0.25) is 0 Å². The molecule has 1 aliphatic rings. The topological polar surface area (TPSA) is 96.8 Å². The summed E-state index contributed by atoms with van der Waals surface area (Å²) in [6.45, 7) is 3.48. The fourth-order valence-corrected chi connectivity index (χ4v) is 4.05. The third-order valence-electron chi connectivity index (χ3n) is 5.29. The Labute approximate surface area is 204 Å². The molecule has 7 nitrogen and oxygen atoms in total. The highest BCUT2D eigenvalue weighted by molar-refractivity contribution is 9.10. The van der Waals surface area contributed by atoms with Gasteiger partial charge in [0.25, 0.3) is 11.7 Å². The van der Waals surface area contributed by atoms with Crippen LogP contribution < -0.4 is 4.90 Å². The second-order valence-electron chi connectivity index (χ2n) is 7.96. The van der Waals surface area contributed by atoms with E-state index in [1.807, 2.05) is 0 Å². The number of rotatable bonds is 5. The molecule has 0 aliphatic carbocycles. The minimum Gasteiger partial charge on any atom is -0.507 e. The Hall–Kier alpha value is -3.78. The Morgan fingerprint density at radius 3 is 2.35 bits per heavy atom. The van der Waals surface area contributed by atoms with Crippen LogP contribution in [0.4, 0.5) is 5.69 Å². The highest BCUT2D eigenvalue weighted by atomic mass is 79.9. The number of amides is 1. The number of ether oxygens (including phenoxy) is 1. The van der Waals surface area contributed by atoms with Crippen molar-refractivity contribution in [3.05, 3.63) is 99.8 Å². The lowest BCUT2D eigenvalue weighted by Crippen LogP contribution is -2.29. The first-order valence-corrected chi connectivity index (χ1v) is 11.3. The summed E-state index contributed by atoms with van der Waals surface area (Å²) in [4.78, 5) is 44.2. The van der Waals surface area contributed by atoms with Crippen molar-refractivity contribution in [2.24, 2.45) is 0 Å². The van der Waals surface area contributed by atoms with Gasteiger partial charge in [-0.2, -0.15) is 0 Å². The largest absolute Gasteiger partial charge is 0.507 e. The maximum absolute atomic E-state index is 13.2. The van der Waals surface area contributed by atoms with Crippen LogP contribution in [0.25, 0.3) is 5.76 Å². The van der Waals surface area contributed by atoms with Gasteiger partial charge in [0, 0.05) is 28.1 Å². The molecule has 1 atom stereocenters. The van der Waals surface area contributed by atoms with Gasteiger partial charge in [0.05, 0.1) is 23.3 Å². The quantitative estimate of drug-likeness (QED) is 0.219. The summed E-state index contributed by atoms with van der Waals surface area (Å²) < 4.78 is 6.08. The van der Waals surface area contributed by atoms with E-state index in [2.05, 4.69) is 20.9 Å². The number of aromatic nitrogens is 1. The number of carbonyl (C=O) groups is 3. The molecule has 172 valence electrons. The van der Waals surface area contributed by atoms with Crippen LogP contribution in [0.2, 0.25) is 0 Å². The average Bonchev–Trinajstić information content (AvgIpc) is 3.10. The Morgan fingerprint density at radius 2 is 1.71 bits per heavy atom. The van der Waals surface area contributed by atoms with E-state index in [0.29, 0.717) is 16.8 Å². The molecule has 2 aromatic carbocycles. The summed E-state index contributed by atoms with van der Waals surface area (Å²) in [5.74, 6) is -2.46. The lowest BCUT2D eigenvalue weighted by molar-refractivity contribution is -0.132. The summed E-state index contributed by atoms with van der Waals surface area (Å²) in [5.41, 5.74) is 1.51. The predicted molar refractivity (Wildman–Crippen MR) is 130 cm³/mol. The van der Waals surface area contributed by atoms with Gasteiger partial charge in [-0.1, -0.05) is 34.1 Å². The number of esters is 1. The van der Waals surface area contributed by atoms with Crippen LogP contribution in [-0.2, 0) is 14.3 Å². The monoisotopic (exact) mass is 520 g/mol. The van der Waals surface area contributed by atoms with E-state index in [1.165, 1.54) is 11.0 Å². The zero-order valence-corrected chi connectivity index (χ0v) is 20.0. The van der Waals surface area contributed by atoms with Gasteiger partial charge in [0.15, 0.2) is 0 Å². The Morgan fingerprint density at radius 1 is 1.03 bits per heavy atom. The minimum absolute atomic E-state index is 0.0475. The maximum Gasteiger partial charge on any atom is 0.338 e. The zero-order valence-electron chi connectivity index (χ0n) is 18.4. The van der Waals surface area contributed by atoms with E-state index in [4.69, 9.17) is 4.74 Å². The molecule has 1 unspecified atom stereocenters. The van der Waals surface area contributed by atoms with E-state index >= 15 is 0 Å². The fourth-order valence-electron chi connectivity index (χ4n) is 3.79. The number of hydrogen-bond acceptors (Lipinski definition) is 6. The number of carbonyl (C=O) groups excluding carboxylic acids is 3. The number of ketones is 1. The molecule has 1 amide bonds. The van der Waals surface area contributed by atoms with Crippen molar-refractivity contribution in [2.45, 2.75) is 26.0 Å². The van der Waals surface area contributed by atoms with Gasteiger partial charge in [-0.05, 0) is 61.9 Å². The SMILES string of the molecule is CC(C)OC(=O)c1cccc(N2C(=O)C(=O)/C(=C(/O)c3ccc(Br)cc3)C2c2ccncc2)c1. The van der Waals surface area contributed by atoms with E-state index in [9.17, 15) is 19.5 Å². The molecule has 0 radical (unpaired) electrons. The van der Waals surface area contributed by atoms with E-state index in [1.54, 1.807) is 80.8 Å². The van der Waals surface area contributed by atoms with Crippen molar-refractivity contribution in [3.8, 4) is 0 Å². The third-order valence-corrected chi connectivity index (χ3v) is 5.82. The minimum atomic E-state index is -0.914. The van der Waals surface area contributed by atoms with Crippen molar-refractivity contribution >= 4 is 45.0 Å². The van der Waals surface area contributed by atoms with Crippen molar-refractivity contribution in [1.82, 2.24) is 4.98 Å². The lowest BCUT2D eigenvalue weighted by atomic mass is 9.95. The molecular weight excluding hydrogens is 500 g/mol. The van der Waals surface area contributed by atoms with Crippen LogP contribution in [0.3, 0.4) is 0 Å². The van der Waals surface area contributed by atoms with Crippen molar-refractivity contribution in [1.29, 1.82) is 0 Å². The molecule has 8 heteroatoms. The summed E-state index contributed by atoms with van der Waals surface area (Å²) in [6.07, 6.45) is 2.78. The molecule has 2 heterocycles. The number of aliphatic hydroxyl groups is 1. The second kappa shape index (κ2) is 9.61.